The molecule has 2 heterocycles. The van der Waals surface area contributed by atoms with E-state index in [2.05, 4.69) is 30.6 Å². The minimum Gasteiger partial charge on any atom is -0.357 e. The highest BCUT2D eigenvalue weighted by atomic mass is 19.4. The number of nitrogens with one attached hydrogen (secondary N) is 2. The third kappa shape index (κ3) is 3.96. The first kappa shape index (κ1) is 21.6. The van der Waals surface area contributed by atoms with Gasteiger partial charge in [-0.3, -0.25) is 0 Å². The van der Waals surface area contributed by atoms with Crippen LogP contribution >= 0.6 is 0 Å². The summed E-state index contributed by atoms with van der Waals surface area (Å²) in [5.74, 6) is 0.966. The van der Waals surface area contributed by atoms with E-state index in [1.807, 2.05) is 37.3 Å². The molecule has 0 saturated carbocycles. The van der Waals surface area contributed by atoms with Crippen LogP contribution in [0.25, 0.3) is 32.9 Å². The fourth-order valence-corrected chi connectivity index (χ4v) is 3.91. The lowest BCUT2D eigenvalue weighted by molar-refractivity contribution is -0.137. The van der Waals surface area contributed by atoms with Crippen molar-refractivity contribution in [1.29, 1.82) is 0 Å². The van der Waals surface area contributed by atoms with Crippen LogP contribution in [0.5, 0.6) is 0 Å². The van der Waals surface area contributed by atoms with Gasteiger partial charge in [-0.25, -0.2) is 19.9 Å². The second-order valence-corrected chi connectivity index (χ2v) is 7.80. The van der Waals surface area contributed by atoms with Gasteiger partial charge in [0.25, 0.3) is 0 Å². The Morgan fingerprint density at radius 2 is 1.76 bits per heavy atom. The highest BCUT2D eigenvalue weighted by Gasteiger charge is 2.30. The first-order valence-corrected chi connectivity index (χ1v) is 10.5. The predicted octanol–water partition coefficient (Wildman–Crippen LogP) is 6.35. The lowest BCUT2D eigenvalue weighted by Gasteiger charge is -2.14. The van der Waals surface area contributed by atoms with Crippen molar-refractivity contribution in [3.8, 4) is 11.1 Å². The molecular weight excluding hydrogens is 441 g/mol. The smallest absolute Gasteiger partial charge is 0.357 e. The van der Waals surface area contributed by atoms with Gasteiger partial charge in [0.1, 0.15) is 12.1 Å². The van der Waals surface area contributed by atoms with Gasteiger partial charge < -0.3 is 10.6 Å². The van der Waals surface area contributed by atoms with E-state index >= 15 is 0 Å². The first-order chi connectivity index (χ1) is 16.3. The summed E-state index contributed by atoms with van der Waals surface area (Å²) < 4.78 is 39.4. The monoisotopic (exact) mass is 460 g/mol. The second kappa shape index (κ2) is 8.26. The fraction of sp³-hybridized carbons (Fsp3) is 0.120. The highest BCUT2D eigenvalue weighted by Crippen LogP contribution is 2.36. The van der Waals surface area contributed by atoms with E-state index in [1.165, 1.54) is 12.4 Å². The van der Waals surface area contributed by atoms with Crippen molar-refractivity contribution in [2.24, 2.45) is 0 Å². The van der Waals surface area contributed by atoms with Crippen LogP contribution in [0.4, 0.5) is 30.6 Å². The van der Waals surface area contributed by atoms with E-state index in [4.69, 9.17) is 0 Å². The molecule has 0 fully saturated rings. The number of halogens is 3. The number of rotatable bonds is 4. The van der Waals surface area contributed by atoms with Crippen molar-refractivity contribution >= 4 is 39.3 Å². The van der Waals surface area contributed by atoms with Crippen LogP contribution in [0.3, 0.4) is 0 Å². The topological polar surface area (TPSA) is 75.6 Å². The maximum absolute atomic E-state index is 13.1. The lowest BCUT2D eigenvalue weighted by Crippen LogP contribution is -2.05. The molecule has 170 valence electrons. The molecular formula is C25H19F3N6. The number of benzene rings is 3. The molecule has 0 bridgehead atoms. The van der Waals surface area contributed by atoms with Crippen LogP contribution < -0.4 is 10.6 Å². The molecule has 6 nitrogen and oxygen atoms in total. The Labute approximate surface area is 192 Å². The van der Waals surface area contributed by atoms with Crippen LogP contribution in [-0.2, 0) is 6.18 Å². The summed E-state index contributed by atoms with van der Waals surface area (Å²) in [4.78, 5) is 17.6. The van der Waals surface area contributed by atoms with Crippen molar-refractivity contribution in [2.75, 3.05) is 17.7 Å². The molecule has 0 aliphatic rings. The van der Waals surface area contributed by atoms with E-state index < -0.39 is 11.7 Å². The average Bonchev–Trinajstić information content (AvgIpc) is 2.83. The maximum Gasteiger partial charge on any atom is 0.416 e. The second-order valence-electron chi connectivity index (χ2n) is 7.80. The van der Waals surface area contributed by atoms with Gasteiger partial charge in [-0.2, -0.15) is 13.2 Å². The number of hydrogen-bond acceptors (Lipinski definition) is 6. The van der Waals surface area contributed by atoms with Crippen molar-refractivity contribution in [3.05, 3.63) is 78.2 Å². The number of aromatic nitrogens is 4. The Hall–Kier alpha value is -4.27. The summed E-state index contributed by atoms with van der Waals surface area (Å²) >= 11 is 0. The van der Waals surface area contributed by atoms with Gasteiger partial charge in [-0.15, -0.1) is 0 Å². The van der Waals surface area contributed by atoms with Crippen molar-refractivity contribution in [2.45, 2.75) is 13.1 Å². The van der Waals surface area contributed by atoms with Gasteiger partial charge in [-0.05, 0) is 54.4 Å². The largest absolute Gasteiger partial charge is 0.416 e. The van der Waals surface area contributed by atoms with Crippen molar-refractivity contribution < 1.29 is 13.2 Å². The minimum atomic E-state index is -4.43. The molecule has 0 radical (unpaired) electrons. The van der Waals surface area contributed by atoms with Crippen molar-refractivity contribution in [3.63, 3.8) is 0 Å². The van der Waals surface area contributed by atoms with Crippen molar-refractivity contribution in [1.82, 2.24) is 19.9 Å². The zero-order chi connectivity index (χ0) is 23.9. The molecule has 3 aromatic carbocycles. The number of anilines is 3. The van der Waals surface area contributed by atoms with E-state index in [0.29, 0.717) is 28.4 Å². The molecule has 0 saturated heterocycles. The van der Waals surface area contributed by atoms with Gasteiger partial charge in [0.15, 0.2) is 0 Å². The van der Waals surface area contributed by atoms with Gasteiger partial charge in [-0.1, -0.05) is 18.2 Å². The molecule has 0 spiro atoms. The lowest BCUT2D eigenvalue weighted by atomic mass is 9.96. The summed E-state index contributed by atoms with van der Waals surface area (Å²) in [6, 6.07) is 14.7. The zero-order valence-electron chi connectivity index (χ0n) is 18.3. The molecule has 5 aromatic rings. The SMILES string of the molecule is CNc1ncc2cc(-c3c(C)ccc4c(Nc5cccc(C(F)(F)F)c5)ncnc34)ccc2n1. The maximum atomic E-state index is 13.1. The van der Waals surface area contributed by atoms with E-state index in [-0.39, 0.29) is 0 Å². The molecule has 0 unspecified atom stereocenters. The standard InChI is InChI=1S/C25H19F3N6/c1-14-6-8-19-22(21(14)15-7-9-20-16(10-15)12-30-24(29-2)34-20)31-13-32-23(19)33-18-5-3-4-17(11-18)25(26,27)28/h3-13H,1-2H3,(H,29,30,34)(H,31,32,33). The summed E-state index contributed by atoms with van der Waals surface area (Å²) in [7, 11) is 1.76. The average molecular weight is 460 g/mol. The Morgan fingerprint density at radius 1 is 0.912 bits per heavy atom. The predicted molar refractivity (Wildman–Crippen MR) is 127 cm³/mol. The number of hydrogen-bond donors (Lipinski definition) is 2. The molecule has 0 aliphatic heterocycles. The number of aryl methyl sites for hydroxylation is 1. The van der Waals surface area contributed by atoms with Gasteiger partial charge >= 0.3 is 6.18 Å². The van der Waals surface area contributed by atoms with E-state index in [0.717, 1.165) is 39.7 Å². The molecule has 0 amide bonds. The Balaban J connectivity index is 1.61. The van der Waals surface area contributed by atoms with E-state index in [1.54, 1.807) is 19.3 Å². The van der Waals surface area contributed by atoms with Crippen LogP contribution in [0.15, 0.2) is 67.1 Å². The molecule has 0 aliphatic carbocycles. The summed E-state index contributed by atoms with van der Waals surface area (Å²) in [5, 5.41) is 7.53. The summed E-state index contributed by atoms with van der Waals surface area (Å²) in [5.41, 5.74) is 3.90. The summed E-state index contributed by atoms with van der Waals surface area (Å²) in [6.07, 6.45) is -1.26. The van der Waals surface area contributed by atoms with Crippen LogP contribution in [-0.4, -0.2) is 27.0 Å². The normalized spacial score (nSPS) is 11.7. The number of fused-ring (bicyclic) bond motifs is 2. The summed E-state index contributed by atoms with van der Waals surface area (Å²) in [6.45, 7) is 1.99. The third-order valence-corrected chi connectivity index (χ3v) is 5.56. The first-order valence-electron chi connectivity index (χ1n) is 10.5. The molecule has 2 N–H and O–H groups in total. The fourth-order valence-electron chi connectivity index (χ4n) is 3.91. The molecule has 0 atom stereocenters. The van der Waals surface area contributed by atoms with Gasteiger partial charge in [0.2, 0.25) is 5.95 Å². The Morgan fingerprint density at radius 3 is 2.56 bits per heavy atom. The van der Waals surface area contributed by atoms with Gasteiger partial charge in [0.05, 0.1) is 16.6 Å². The quantitative estimate of drug-likeness (QED) is 0.325. The highest BCUT2D eigenvalue weighted by molar-refractivity contribution is 6.02. The molecule has 9 heteroatoms. The van der Waals surface area contributed by atoms with Crippen LogP contribution in [0.2, 0.25) is 0 Å². The van der Waals surface area contributed by atoms with Crippen LogP contribution in [0.1, 0.15) is 11.1 Å². The van der Waals surface area contributed by atoms with Gasteiger partial charge in [0, 0.05) is 35.3 Å². The number of nitrogens with zero attached hydrogens (tertiary/aromatic N) is 4. The Kier molecular flexibility index (Phi) is 5.24. The minimum absolute atomic E-state index is 0.292. The number of alkyl halides is 3. The van der Waals surface area contributed by atoms with E-state index in [9.17, 15) is 13.2 Å². The molecule has 34 heavy (non-hydrogen) atoms. The van der Waals surface area contributed by atoms with Crippen LogP contribution in [0, 0.1) is 6.92 Å². The third-order valence-electron chi connectivity index (χ3n) is 5.56. The molecule has 5 rings (SSSR count). The zero-order valence-corrected chi connectivity index (χ0v) is 18.3. The molecule has 2 aromatic heterocycles. The Bertz CT molecular complexity index is 1530.